The first-order chi connectivity index (χ1) is 6.24. The largest absolute Gasteiger partial charge is 0.638 e. The SMILES string of the molecule is CC1CCCO1.COB(OC)OC. The van der Waals surface area contributed by atoms with Crippen molar-refractivity contribution in [3.8, 4) is 0 Å². The Morgan fingerprint density at radius 1 is 1.15 bits per heavy atom. The minimum atomic E-state index is -0.514. The molecule has 0 N–H and O–H groups in total. The van der Waals surface area contributed by atoms with Crippen molar-refractivity contribution in [1.82, 2.24) is 0 Å². The monoisotopic (exact) mass is 190 g/mol. The van der Waals surface area contributed by atoms with Crippen molar-refractivity contribution >= 4 is 7.32 Å². The molecule has 1 rings (SSSR count). The number of hydrogen-bond acceptors (Lipinski definition) is 4. The van der Waals surface area contributed by atoms with Crippen LogP contribution in [-0.2, 0) is 18.7 Å². The van der Waals surface area contributed by atoms with Gasteiger partial charge in [0, 0.05) is 27.9 Å². The van der Waals surface area contributed by atoms with Crippen molar-refractivity contribution in [2.45, 2.75) is 25.9 Å². The van der Waals surface area contributed by atoms with Gasteiger partial charge in [-0.25, -0.2) is 0 Å². The van der Waals surface area contributed by atoms with Gasteiger partial charge in [0.2, 0.25) is 0 Å². The second-order valence-corrected chi connectivity index (χ2v) is 2.82. The summed E-state index contributed by atoms with van der Waals surface area (Å²) in [4.78, 5) is 0. The van der Waals surface area contributed by atoms with Crippen molar-refractivity contribution in [2.75, 3.05) is 27.9 Å². The Morgan fingerprint density at radius 3 is 1.77 bits per heavy atom. The third-order valence-corrected chi connectivity index (χ3v) is 1.73. The molecule has 0 radical (unpaired) electrons. The van der Waals surface area contributed by atoms with E-state index in [9.17, 15) is 0 Å². The van der Waals surface area contributed by atoms with E-state index in [0.717, 1.165) is 6.61 Å². The molecule has 13 heavy (non-hydrogen) atoms. The van der Waals surface area contributed by atoms with Crippen molar-refractivity contribution in [3.63, 3.8) is 0 Å². The maximum atomic E-state index is 5.15. The molecule has 4 nitrogen and oxygen atoms in total. The Kier molecular flexibility index (Phi) is 8.44. The van der Waals surface area contributed by atoms with Crippen LogP contribution in [-0.4, -0.2) is 41.4 Å². The second-order valence-electron chi connectivity index (χ2n) is 2.82. The Hall–Kier alpha value is -0.0951. The van der Waals surface area contributed by atoms with Crippen LogP contribution in [0.3, 0.4) is 0 Å². The van der Waals surface area contributed by atoms with Crippen molar-refractivity contribution in [1.29, 1.82) is 0 Å². The predicted octanol–water partition coefficient (Wildman–Crippen LogP) is 1.10. The standard InChI is InChI=1S/C5H10O.C3H9BO3/c1-5-3-2-4-6-5;1-5-4(6-2)7-3/h5H,2-4H2,1H3;1-3H3. The summed E-state index contributed by atoms with van der Waals surface area (Å²) >= 11 is 0. The zero-order chi connectivity index (χ0) is 10.1. The van der Waals surface area contributed by atoms with Gasteiger partial charge in [0.05, 0.1) is 6.10 Å². The number of ether oxygens (including phenoxy) is 1. The summed E-state index contributed by atoms with van der Waals surface area (Å²) in [5.41, 5.74) is 0. The Morgan fingerprint density at radius 2 is 1.69 bits per heavy atom. The fourth-order valence-corrected chi connectivity index (χ4v) is 1.03. The quantitative estimate of drug-likeness (QED) is 0.624. The fraction of sp³-hybridized carbons (Fsp3) is 1.00. The molecular weight excluding hydrogens is 171 g/mol. The first-order valence-electron chi connectivity index (χ1n) is 4.44. The van der Waals surface area contributed by atoms with Crippen LogP contribution in [0.5, 0.6) is 0 Å². The Labute approximate surface area is 80.7 Å². The lowest BCUT2D eigenvalue weighted by atomic mass is 10.2. The third kappa shape index (κ3) is 7.01. The summed E-state index contributed by atoms with van der Waals surface area (Å²) < 4.78 is 19.0. The van der Waals surface area contributed by atoms with Gasteiger partial charge in [0.15, 0.2) is 0 Å². The molecule has 0 amide bonds. The van der Waals surface area contributed by atoms with E-state index in [4.69, 9.17) is 4.74 Å². The van der Waals surface area contributed by atoms with E-state index in [0.29, 0.717) is 6.10 Å². The molecule has 0 saturated carbocycles. The maximum Gasteiger partial charge on any atom is 0.638 e. The molecule has 0 aromatic heterocycles. The van der Waals surface area contributed by atoms with Crippen LogP contribution in [0.2, 0.25) is 0 Å². The molecule has 1 unspecified atom stereocenters. The zero-order valence-electron chi connectivity index (χ0n) is 8.91. The normalized spacial score (nSPS) is 20.8. The van der Waals surface area contributed by atoms with Crippen LogP contribution >= 0.6 is 0 Å². The summed E-state index contributed by atoms with van der Waals surface area (Å²) in [6.07, 6.45) is 3.08. The van der Waals surface area contributed by atoms with Crippen LogP contribution in [0.1, 0.15) is 19.8 Å². The molecule has 1 aliphatic heterocycles. The molecule has 1 saturated heterocycles. The lowest BCUT2D eigenvalue weighted by Gasteiger charge is -2.01. The smallest absolute Gasteiger partial charge is 0.389 e. The van der Waals surface area contributed by atoms with E-state index >= 15 is 0 Å². The molecule has 0 aromatic rings. The van der Waals surface area contributed by atoms with Gasteiger partial charge >= 0.3 is 7.32 Å². The highest BCUT2D eigenvalue weighted by Gasteiger charge is 2.12. The first-order valence-corrected chi connectivity index (χ1v) is 4.44. The molecule has 0 aliphatic carbocycles. The number of hydrogen-bond donors (Lipinski definition) is 0. The number of rotatable bonds is 3. The molecule has 1 aliphatic rings. The summed E-state index contributed by atoms with van der Waals surface area (Å²) in [5.74, 6) is 0. The van der Waals surface area contributed by atoms with E-state index in [1.54, 1.807) is 0 Å². The third-order valence-electron chi connectivity index (χ3n) is 1.73. The average Bonchev–Trinajstić information content (AvgIpc) is 2.60. The van der Waals surface area contributed by atoms with Crippen molar-refractivity contribution < 1.29 is 18.7 Å². The second kappa shape index (κ2) is 8.50. The van der Waals surface area contributed by atoms with Crippen LogP contribution in [0.25, 0.3) is 0 Å². The van der Waals surface area contributed by atoms with Gasteiger partial charge in [0.1, 0.15) is 0 Å². The minimum Gasteiger partial charge on any atom is -0.389 e. The molecule has 0 bridgehead atoms. The predicted molar refractivity (Wildman–Crippen MR) is 51.4 cm³/mol. The van der Waals surface area contributed by atoms with Gasteiger partial charge < -0.3 is 18.7 Å². The highest BCUT2D eigenvalue weighted by molar-refractivity contribution is 6.36. The van der Waals surface area contributed by atoms with E-state index in [2.05, 4.69) is 20.9 Å². The summed E-state index contributed by atoms with van der Waals surface area (Å²) in [6.45, 7) is 3.11. The van der Waals surface area contributed by atoms with E-state index in [-0.39, 0.29) is 0 Å². The van der Waals surface area contributed by atoms with E-state index in [1.165, 1.54) is 34.2 Å². The van der Waals surface area contributed by atoms with Gasteiger partial charge in [-0.2, -0.15) is 0 Å². The van der Waals surface area contributed by atoms with Gasteiger partial charge in [-0.05, 0) is 19.8 Å². The van der Waals surface area contributed by atoms with Crippen molar-refractivity contribution in [2.24, 2.45) is 0 Å². The molecule has 5 heteroatoms. The molecule has 1 heterocycles. The van der Waals surface area contributed by atoms with Gasteiger partial charge in [-0.3, -0.25) is 0 Å². The van der Waals surface area contributed by atoms with Gasteiger partial charge in [0.25, 0.3) is 0 Å². The Balaban J connectivity index is 0.000000223. The van der Waals surface area contributed by atoms with E-state index < -0.39 is 7.32 Å². The summed E-state index contributed by atoms with van der Waals surface area (Å²) in [5, 5.41) is 0. The molecule has 0 spiro atoms. The van der Waals surface area contributed by atoms with Crippen LogP contribution in [0.15, 0.2) is 0 Å². The molecule has 1 atom stereocenters. The molecule has 78 valence electrons. The van der Waals surface area contributed by atoms with Crippen LogP contribution in [0.4, 0.5) is 0 Å². The van der Waals surface area contributed by atoms with Gasteiger partial charge in [-0.15, -0.1) is 0 Å². The van der Waals surface area contributed by atoms with Crippen LogP contribution < -0.4 is 0 Å². The fourth-order valence-electron chi connectivity index (χ4n) is 1.03. The topological polar surface area (TPSA) is 36.9 Å². The average molecular weight is 190 g/mol. The highest BCUT2D eigenvalue weighted by atomic mass is 16.7. The minimum absolute atomic E-state index is 0.514. The highest BCUT2D eigenvalue weighted by Crippen LogP contribution is 2.09. The summed E-state index contributed by atoms with van der Waals surface area (Å²) in [7, 11) is 4.02. The first kappa shape index (κ1) is 12.9. The van der Waals surface area contributed by atoms with E-state index in [1.807, 2.05) is 0 Å². The lowest BCUT2D eigenvalue weighted by molar-refractivity contribution is 0.125. The van der Waals surface area contributed by atoms with Gasteiger partial charge in [-0.1, -0.05) is 0 Å². The maximum absolute atomic E-state index is 5.15. The summed E-state index contributed by atoms with van der Waals surface area (Å²) in [6, 6.07) is 0. The van der Waals surface area contributed by atoms with Crippen LogP contribution in [0, 0.1) is 0 Å². The molecule has 0 aromatic carbocycles. The van der Waals surface area contributed by atoms with Crippen molar-refractivity contribution in [3.05, 3.63) is 0 Å². The molecular formula is C8H19BO4. The Bertz CT molecular complexity index is 96.8. The molecule has 1 fully saturated rings. The lowest BCUT2D eigenvalue weighted by Crippen LogP contribution is -2.21. The zero-order valence-corrected chi connectivity index (χ0v) is 8.91.